The first-order chi connectivity index (χ1) is 58.3. The van der Waals surface area contributed by atoms with Crippen LogP contribution in [0.1, 0.15) is 222 Å². The number of esters is 6. The van der Waals surface area contributed by atoms with Crippen LogP contribution in [0.5, 0.6) is 11.5 Å². The first kappa shape index (κ1) is 93.0. The van der Waals surface area contributed by atoms with Gasteiger partial charge in [0.25, 0.3) is 0 Å². The molecule has 0 spiro atoms. The lowest BCUT2D eigenvalue weighted by Crippen LogP contribution is -2.56. The van der Waals surface area contributed by atoms with Crippen LogP contribution >= 0.6 is 0 Å². The molecule has 2 N–H and O–H groups in total. The van der Waals surface area contributed by atoms with Crippen molar-refractivity contribution in [3.63, 3.8) is 0 Å². The summed E-state index contributed by atoms with van der Waals surface area (Å²) in [4.78, 5) is 103. The number of benzene rings is 4. The van der Waals surface area contributed by atoms with E-state index in [2.05, 4.69) is 66.4 Å². The lowest BCUT2D eigenvalue weighted by Gasteiger charge is -2.52. The van der Waals surface area contributed by atoms with E-state index in [1.54, 1.807) is 38.5 Å². The number of carboxylic acids is 2. The van der Waals surface area contributed by atoms with Crippen LogP contribution in [-0.2, 0) is 89.8 Å². The fourth-order valence-electron chi connectivity index (χ4n) is 20.9. The number of nitrogens with zero attached hydrogens (tertiary/aromatic N) is 4. The Morgan fingerprint density at radius 3 is 1.12 bits per heavy atom. The maximum atomic E-state index is 13.9. The zero-order chi connectivity index (χ0) is 86.7. The Morgan fingerprint density at radius 2 is 0.810 bits per heavy atom. The van der Waals surface area contributed by atoms with Crippen molar-refractivity contribution in [2.75, 3.05) is 66.1 Å². The predicted octanol–water partition coefficient (Wildman–Crippen LogP) is 16.0. The molecule has 4 aromatic carbocycles. The van der Waals surface area contributed by atoms with Gasteiger partial charge in [-0.1, -0.05) is 129 Å². The van der Waals surface area contributed by atoms with E-state index in [0.29, 0.717) is 53.2 Å². The highest BCUT2D eigenvalue weighted by atomic mass is 32.2. The van der Waals surface area contributed by atoms with Gasteiger partial charge in [0.2, 0.25) is 0 Å². The van der Waals surface area contributed by atoms with Gasteiger partial charge < -0.3 is 38.6 Å². The molecule has 8 saturated heterocycles. The third kappa shape index (κ3) is 23.0. The van der Waals surface area contributed by atoms with Crippen molar-refractivity contribution in [2.24, 2.45) is 71.0 Å². The van der Waals surface area contributed by atoms with Crippen LogP contribution in [-0.4, -0.2) is 173 Å². The summed E-state index contributed by atoms with van der Waals surface area (Å²) in [5.74, 6) is -1.79. The number of hydrogen-bond acceptors (Lipinski definition) is 22. The van der Waals surface area contributed by atoms with E-state index in [4.69, 9.17) is 19.7 Å². The average molecular weight is 1710 g/mol. The van der Waals surface area contributed by atoms with E-state index >= 15 is 0 Å². The number of aryl methyl sites for hydroxylation is 2. The summed E-state index contributed by atoms with van der Waals surface area (Å²) in [5.41, 5.74) is 6.26. The van der Waals surface area contributed by atoms with Crippen LogP contribution in [0.25, 0.3) is 21.8 Å². The van der Waals surface area contributed by atoms with E-state index in [9.17, 15) is 55.2 Å². The van der Waals surface area contributed by atoms with Crippen molar-refractivity contribution >= 4 is 89.2 Å². The van der Waals surface area contributed by atoms with Crippen molar-refractivity contribution in [1.29, 1.82) is 0 Å². The van der Waals surface area contributed by atoms with Crippen molar-refractivity contribution in [3.05, 3.63) is 132 Å². The molecule has 24 nitrogen and oxygen atoms in total. The summed E-state index contributed by atoms with van der Waals surface area (Å²) in [6.45, 7) is 13.1. The molecular weight excluding hydrogens is 1580 g/mol. The number of hydrogen-bond donors (Lipinski definition) is 2. The predicted molar refractivity (Wildman–Crippen MR) is 459 cm³/mol. The molecule has 4 aliphatic carbocycles. The standard InChI is InChI=1S/C31H40N2O3S.C30H38N2O3S.2C9H14O4.2C8H10O3/c1-4-6-22-8-11-26(12-9-22)37(34,35)21-29(31-18-23-15-17-33(31)20-24(23)7-5-2)27-14-16-32-30-13-10-25(36-3)19-28(27)30;1-4-6-21-7-10-25(11-8-21)36(33,34)20-28(30-17-23-14-16-32(30)19-22(23)5-2)26-13-15-31-29-12-9-24(35-3)18-27(26)29;2*1-13-9(12)7-5-3-2-4-6(7)8(10)11;2*9-7-5-3-1-2-4-6(5)8(10)11-7/h8-14,16,19,23-24,29,31H,4-7,15,17-18,20-21H2,1-3H3;7-13,15,18,22-23,28,30H,4-6,14,16-17,19-20H2,1-3H3;2*6-7H,2-5H2,1H3,(H,10,11);2*5-6H,1-4H2/t23?,24?,29-,31-;22?,23?,28-,30-;2*6-,7+;2*5-,6+/m0011../s1. The van der Waals surface area contributed by atoms with Gasteiger partial charge >= 0.3 is 47.8 Å². The van der Waals surface area contributed by atoms with Crippen LogP contribution in [0, 0.1) is 71.0 Å². The molecule has 12 fully saturated rings. The van der Waals surface area contributed by atoms with Crippen LogP contribution in [0.15, 0.2) is 119 Å². The molecule has 6 unspecified atom stereocenters. The van der Waals surface area contributed by atoms with Crippen molar-refractivity contribution in [2.45, 2.75) is 235 Å². The summed E-state index contributed by atoms with van der Waals surface area (Å²) in [6.07, 6.45) is 29.6. The average Bonchev–Trinajstić information content (AvgIpc) is 1.52. The highest BCUT2D eigenvalue weighted by Gasteiger charge is 2.49. The number of aromatic nitrogens is 2. The van der Waals surface area contributed by atoms with Gasteiger partial charge in [-0.25, -0.2) is 16.8 Å². The van der Waals surface area contributed by atoms with Gasteiger partial charge in [0.05, 0.1) is 108 Å². The van der Waals surface area contributed by atoms with Crippen LogP contribution in [0.3, 0.4) is 0 Å². The largest absolute Gasteiger partial charge is 0.497 e. The molecule has 18 rings (SSSR count). The highest BCUT2D eigenvalue weighted by molar-refractivity contribution is 7.91. The summed E-state index contributed by atoms with van der Waals surface area (Å²) >= 11 is 0. The van der Waals surface area contributed by atoms with E-state index in [0.717, 1.165) is 192 Å². The number of sulfone groups is 2. The second-order valence-corrected chi connectivity index (χ2v) is 38.8. The number of piperidine rings is 6. The molecule has 18 atom stereocenters. The lowest BCUT2D eigenvalue weighted by molar-refractivity contribution is -0.157. The quantitative estimate of drug-likeness (QED) is 0.0342. The number of cyclic esters (lactones) is 4. The number of aliphatic carboxylic acids is 2. The minimum absolute atomic E-state index is 0.0983. The molecule has 26 heteroatoms. The first-order valence-corrected chi connectivity index (χ1v) is 47.7. The number of methoxy groups -OCH3 is 4. The third-order valence-electron chi connectivity index (χ3n) is 27.5. The minimum Gasteiger partial charge on any atom is -0.497 e. The molecule has 4 saturated carbocycles. The topological polar surface area (TPSA) is 333 Å². The number of ether oxygens (including phenoxy) is 6. The fraction of sp³-hybridized carbons (Fsp3) is 0.600. The van der Waals surface area contributed by atoms with E-state index in [1.165, 1.54) is 57.5 Å². The number of carbonyl (C=O) groups excluding carboxylic acids is 6. The fourth-order valence-corrected chi connectivity index (χ4v) is 24.2. The van der Waals surface area contributed by atoms with Crippen molar-refractivity contribution in [3.8, 4) is 11.5 Å². The Morgan fingerprint density at radius 1 is 0.455 bits per heavy atom. The van der Waals surface area contributed by atoms with Crippen LogP contribution in [0.2, 0.25) is 0 Å². The number of carbonyl (C=O) groups is 8. The lowest BCUT2D eigenvalue weighted by atomic mass is 9.70. The Hall–Kier alpha value is -8.72. The van der Waals surface area contributed by atoms with Gasteiger partial charge in [-0.05, 0) is 228 Å². The number of pyridine rings is 2. The van der Waals surface area contributed by atoms with E-state index in [1.807, 2.05) is 85.2 Å². The van der Waals surface area contributed by atoms with Crippen LogP contribution in [0.4, 0.5) is 0 Å². The van der Waals surface area contributed by atoms with Gasteiger partial charge in [0.1, 0.15) is 11.5 Å². The Balaban J connectivity index is 0.000000155. The monoisotopic (exact) mass is 1710 g/mol. The number of fused-ring (bicyclic) bond motifs is 10. The van der Waals surface area contributed by atoms with Crippen LogP contribution < -0.4 is 9.47 Å². The van der Waals surface area contributed by atoms with Gasteiger partial charge in [0.15, 0.2) is 19.7 Å². The number of rotatable bonds is 23. The van der Waals surface area contributed by atoms with Gasteiger partial charge in [-0.3, -0.25) is 58.1 Å². The van der Waals surface area contributed by atoms with E-state index < -0.39 is 55.3 Å². The molecule has 6 aromatic rings. The normalized spacial score (nSPS) is 27.5. The SMILES string of the molecule is CCCc1ccc(S(=O)(=O)C[C@@H](c2ccnc3ccc(OC)cc23)[C@@H]2CC3CCN2CC3CC)cc1.CCCc1ccc(S(=O)(=O)C[C@@H](c2ccnc3ccc(OC)cc23)[C@@H]2CC3CCN2CC3CCC)cc1.COC(=O)[C@H]1CCCC[C@H]1C(=O)O.COC(=O)[C@H]1CCCC[C@H]1C(=O)O.O=C1OC(=O)[C@@H]2CCCC[C@H]12.O=C1OC(=O)[C@@H]2CCCC[C@H]12. The molecule has 4 bridgehead atoms. The van der Waals surface area contributed by atoms with E-state index in [-0.39, 0.29) is 94.9 Å². The van der Waals surface area contributed by atoms with Crippen molar-refractivity contribution < 1.29 is 93.8 Å². The molecule has 8 aliphatic heterocycles. The molecule has 658 valence electrons. The summed E-state index contributed by atoms with van der Waals surface area (Å²) in [5, 5.41) is 19.7. The minimum atomic E-state index is -3.49. The first-order valence-electron chi connectivity index (χ1n) is 44.4. The Bertz CT molecular complexity index is 4650. The van der Waals surface area contributed by atoms with Crippen molar-refractivity contribution in [1.82, 2.24) is 19.8 Å². The molecule has 0 amide bonds. The molecular formula is C95H126N4O20S2. The molecule has 2 aromatic heterocycles. The summed E-state index contributed by atoms with van der Waals surface area (Å²) < 4.78 is 84.8. The van der Waals surface area contributed by atoms with Gasteiger partial charge in [-0.2, -0.15) is 0 Å². The second kappa shape index (κ2) is 43.6. The summed E-state index contributed by atoms with van der Waals surface area (Å²) in [6, 6.07) is 31.4. The van der Waals surface area contributed by atoms with Gasteiger partial charge in [-0.15, -0.1) is 0 Å². The zero-order valence-corrected chi connectivity index (χ0v) is 73.4. The maximum Gasteiger partial charge on any atom is 0.317 e. The maximum absolute atomic E-state index is 13.9. The Labute approximate surface area is 713 Å². The molecule has 12 aliphatic rings. The zero-order valence-electron chi connectivity index (χ0n) is 71.8. The molecule has 0 radical (unpaired) electrons. The third-order valence-corrected chi connectivity index (χ3v) is 31.1. The highest BCUT2D eigenvalue weighted by Crippen LogP contribution is 2.48. The summed E-state index contributed by atoms with van der Waals surface area (Å²) in [7, 11) is -1.04. The molecule has 10 heterocycles. The Kier molecular flexibility index (Phi) is 33.5. The smallest absolute Gasteiger partial charge is 0.317 e. The number of carboxylic acid groups (broad SMARTS) is 2. The van der Waals surface area contributed by atoms with Gasteiger partial charge in [0, 0.05) is 60.2 Å². The second-order valence-electron chi connectivity index (χ2n) is 34.7. The molecule has 121 heavy (non-hydrogen) atoms.